The van der Waals surface area contributed by atoms with Crippen LogP contribution in [0.2, 0.25) is 0 Å². The van der Waals surface area contributed by atoms with Gasteiger partial charge in [0.2, 0.25) is 17.7 Å². The van der Waals surface area contributed by atoms with Crippen molar-refractivity contribution in [3.63, 3.8) is 0 Å². The maximum absolute atomic E-state index is 14.4. The second kappa shape index (κ2) is 21.6. The van der Waals surface area contributed by atoms with E-state index in [0.29, 0.717) is 40.1 Å². The molecule has 2 aliphatic heterocycles. The molecule has 17 nitrogen and oxygen atoms in total. The smallest absolute Gasteiger partial charge is 0.336 e. The highest BCUT2D eigenvalue weighted by Crippen LogP contribution is 2.42. The van der Waals surface area contributed by atoms with Crippen LogP contribution in [0.4, 0.5) is 5.69 Å². The van der Waals surface area contributed by atoms with Crippen LogP contribution in [0.25, 0.3) is 33.4 Å². The summed E-state index contributed by atoms with van der Waals surface area (Å²) in [5.41, 5.74) is 0.863. The van der Waals surface area contributed by atoms with Gasteiger partial charge < -0.3 is 51.1 Å². The number of phenolic OH excluding ortho intramolecular Hbond substituents is 1. The number of carboxylic acids is 1. The lowest BCUT2D eigenvalue weighted by atomic mass is 9.88. The largest absolute Gasteiger partial charge is 0.508 e. The molecular formula is C58H49N5O12. The molecule has 2 heterocycles. The summed E-state index contributed by atoms with van der Waals surface area (Å²) in [7, 11) is 0. The normalized spacial score (nSPS) is 14.9. The van der Waals surface area contributed by atoms with E-state index in [2.05, 4.69) is 26.6 Å². The van der Waals surface area contributed by atoms with Gasteiger partial charge in [-0.15, -0.1) is 0 Å². The minimum Gasteiger partial charge on any atom is -0.508 e. The maximum Gasteiger partial charge on any atom is 0.336 e. The second-order valence-electron chi connectivity index (χ2n) is 18.1. The highest BCUT2D eigenvalue weighted by Gasteiger charge is 2.48. The molecule has 0 unspecified atom stereocenters. The van der Waals surface area contributed by atoms with Gasteiger partial charge in [0.05, 0.1) is 5.56 Å². The lowest BCUT2D eigenvalue weighted by Gasteiger charge is -2.28. The average molecular weight is 1010 g/mol. The van der Waals surface area contributed by atoms with Gasteiger partial charge in [0, 0.05) is 64.8 Å². The molecule has 9 rings (SSSR count). The van der Waals surface area contributed by atoms with Gasteiger partial charge in [0.25, 0.3) is 11.8 Å². The van der Waals surface area contributed by atoms with E-state index in [1.807, 2.05) is 36.4 Å². The molecule has 5 amide bonds. The zero-order valence-corrected chi connectivity index (χ0v) is 40.2. The van der Waals surface area contributed by atoms with Gasteiger partial charge in [0.1, 0.15) is 47.6 Å². The monoisotopic (exact) mass is 1010 g/mol. The molecule has 4 atom stereocenters. The third-order valence-corrected chi connectivity index (χ3v) is 12.9. The number of phenols is 1. The van der Waals surface area contributed by atoms with Gasteiger partial charge in [-0.05, 0) is 83.8 Å². The highest BCUT2D eigenvalue weighted by molar-refractivity contribution is 6.10. The SMILES string of the molecule is C[C@H](NC(=O)[C@H](Cc1ccc(OCc2ccccc2)cc1)NC(=O)c1ccc(-c2c3ccc(=O)cc-3oc3cc(O)ccc23)c(C(=O)O)c1)C(=O)N[C@@H](C[C@]1(O)C(=O)Nc2ccccc21)C(=O)NCc1ccccc1. The van der Waals surface area contributed by atoms with Crippen molar-refractivity contribution in [3.05, 3.63) is 207 Å². The fourth-order valence-corrected chi connectivity index (χ4v) is 8.97. The number of para-hydroxylation sites is 1. The summed E-state index contributed by atoms with van der Waals surface area (Å²) < 4.78 is 11.9. The molecule has 0 aromatic heterocycles. The Morgan fingerprint density at radius 2 is 1.37 bits per heavy atom. The minimum atomic E-state index is -2.22. The summed E-state index contributed by atoms with van der Waals surface area (Å²) in [4.78, 5) is 95.4. The molecule has 75 heavy (non-hydrogen) atoms. The number of benzene rings is 7. The molecule has 0 bridgehead atoms. The predicted octanol–water partition coefficient (Wildman–Crippen LogP) is 6.42. The molecule has 1 aliphatic carbocycles. The number of aromatic carboxylic acids is 1. The Bertz CT molecular complexity index is 3510. The van der Waals surface area contributed by atoms with Crippen molar-refractivity contribution in [3.8, 4) is 33.9 Å². The van der Waals surface area contributed by atoms with E-state index in [4.69, 9.17) is 9.15 Å². The first-order chi connectivity index (χ1) is 36.1. The van der Waals surface area contributed by atoms with Gasteiger partial charge in [-0.25, -0.2) is 4.79 Å². The summed E-state index contributed by atoms with van der Waals surface area (Å²) in [6, 6.07) is 39.8. The van der Waals surface area contributed by atoms with E-state index in [0.717, 1.165) is 17.2 Å². The number of carboxylic acid groups (broad SMARTS) is 1. The van der Waals surface area contributed by atoms with Crippen molar-refractivity contribution >= 4 is 52.2 Å². The Labute approximate surface area is 428 Å². The van der Waals surface area contributed by atoms with Gasteiger partial charge in [-0.3, -0.25) is 28.8 Å². The van der Waals surface area contributed by atoms with Crippen LogP contribution in [0.1, 0.15) is 56.3 Å². The van der Waals surface area contributed by atoms with E-state index >= 15 is 0 Å². The number of hydrogen-bond donors (Lipinski definition) is 8. The molecule has 0 radical (unpaired) electrons. The van der Waals surface area contributed by atoms with Gasteiger partial charge in [-0.1, -0.05) is 97.1 Å². The third-order valence-electron chi connectivity index (χ3n) is 12.9. The molecule has 6 aromatic carbocycles. The van der Waals surface area contributed by atoms with Crippen molar-refractivity contribution in [1.29, 1.82) is 0 Å². The fourth-order valence-electron chi connectivity index (χ4n) is 8.97. The summed E-state index contributed by atoms with van der Waals surface area (Å²) in [5.74, 6) is -4.92. The number of nitrogens with one attached hydrogen (secondary N) is 5. The van der Waals surface area contributed by atoms with E-state index in [9.17, 15) is 48.9 Å². The zero-order chi connectivity index (χ0) is 52.8. The van der Waals surface area contributed by atoms with Crippen LogP contribution < -0.4 is 36.7 Å². The molecule has 378 valence electrons. The number of carbonyl (C=O) groups excluding carboxylic acids is 5. The Balaban J connectivity index is 0.981. The number of aliphatic hydroxyl groups is 1. The van der Waals surface area contributed by atoms with Crippen molar-refractivity contribution in [2.75, 3.05) is 5.32 Å². The summed E-state index contributed by atoms with van der Waals surface area (Å²) >= 11 is 0. The third kappa shape index (κ3) is 11.2. The standard InChI is InChI=1S/C58H49N5O12/c1-33(52(66)62-48(54(68)59-31-35-10-4-2-5-11-35)30-58(73)45-14-8-9-15-46(45)63-57(58)72)60-55(69)47(26-34-16-21-40(22-17-34)74-32-36-12-6-3-7-13-36)61-53(67)37-18-23-41(44(27-37)56(70)71)51-42-24-19-38(64)28-49(42)75-50-29-39(65)20-25-43(50)51/h2-25,27-29,33,47-48,64,73H,26,30-32H2,1H3,(H,59,68)(H,60,69)(H,61,67)(H,62,66)(H,63,72)(H,70,71)/t33-,47-,48-,58+/m0/s1. The molecule has 0 saturated carbocycles. The summed E-state index contributed by atoms with van der Waals surface area (Å²) in [6.45, 7) is 1.71. The first kappa shape index (κ1) is 50.3. The number of amides is 5. The second-order valence-corrected chi connectivity index (χ2v) is 18.1. The summed E-state index contributed by atoms with van der Waals surface area (Å²) in [5, 5.41) is 46.4. The van der Waals surface area contributed by atoms with Gasteiger partial charge >= 0.3 is 5.97 Å². The van der Waals surface area contributed by atoms with Crippen molar-refractivity contribution in [1.82, 2.24) is 21.3 Å². The van der Waals surface area contributed by atoms with Crippen LogP contribution >= 0.6 is 0 Å². The zero-order valence-electron chi connectivity index (χ0n) is 40.2. The number of carbonyl (C=O) groups is 6. The maximum atomic E-state index is 14.4. The minimum absolute atomic E-state index is 0.0583. The quantitative estimate of drug-likeness (QED) is 0.0433. The van der Waals surface area contributed by atoms with E-state index in [1.54, 1.807) is 72.8 Å². The Morgan fingerprint density at radius 3 is 2.11 bits per heavy atom. The first-order valence-electron chi connectivity index (χ1n) is 23.8. The van der Waals surface area contributed by atoms with E-state index in [-0.39, 0.29) is 57.7 Å². The number of anilines is 1. The average Bonchev–Trinajstić information content (AvgIpc) is 3.66. The van der Waals surface area contributed by atoms with Crippen molar-refractivity contribution < 1.29 is 53.2 Å². The highest BCUT2D eigenvalue weighted by atomic mass is 16.5. The molecule has 17 heteroatoms. The van der Waals surface area contributed by atoms with Crippen LogP contribution in [0, 0.1) is 0 Å². The molecular weight excluding hydrogens is 959 g/mol. The lowest BCUT2D eigenvalue weighted by molar-refractivity contribution is -0.139. The number of rotatable bonds is 18. The number of fused-ring (bicyclic) bond motifs is 3. The molecule has 0 fully saturated rings. The molecule has 8 N–H and O–H groups in total. The van der Waals surface area contributed by atoms with E-state index < -0.39 is 65.7 Å². The van der Waals surface area contributed by atoms with Crippen LogP contribution in [-0.2, 0) is 44.4 Å². The van der Waals surface area contributed by atoms with Crippen LogP contribution in [0.15, 0.2) is 173 Å². The summed E-state index contributed by atoms with van der Waals surface area (Å²) in [6.07, 6.45) is -0.693. The Hall–Kier alpha value is -9.61. The molecule has 3 aliphatic rings. The van der Waals surface area contributed by atoms with Crippen LogP contribution in [0.3, 0.4) is 0 Å². The van der Waals surface area contributed by atoms with Crippen LogP contribution in [0.5, 0.6) is 11.5 Å². The van der Waals surface area contributed by atoms with Crippen molar-refractivity contribution in [2.45, 2.75) is 56.6 Å². The van der Waals surface area contributed by atoms with Gasteiger partial charge in [-0.2, -0.15) is 0 Å². The van der Waals surface area contributed by atoms with Crippen LogP contribution in [-0.4, -0.2) is 69.0 Å². The van der Waals surface area contributed by atoms with E-state index in [1.165, 1.54) is 55.5 Å². The van der Waals surface area contributed by atoms with Gasteiger partial charge in [0.15, 0.2) is 11.0 Å². The Kier molecular flexibility index (Phi) is 14.5. The fraction of sp³-hybridized carbons (Fsp3) is 0.155. The topological polar surface area (TPSA) is 263 Å². The first-order valence-corrected chi connectivity index (χ1v) is 23.8. The number of hydrogen-bond acceptors (Lipinski definition) is 11. The van der Waals surface area contributed by atoms with Crippen molar-refractivity contribution in [2.24, 2.45) is 0 Å². The predicted molar refractivity (Wildman–Crippen MR) is 277 cm³/mol. The number of aromatic hydroxyl groups is 1. The number of ether oxygens (including phenoxy) is 1. The molecule has 0 saturated heterocycles. The molecule has 0 spiro atoms. The Morgan fingerprint density at radius 1 is 0.680 bits per heavy atom. The lowest BCUT2D eigenvalue weighted by Crippen LogP contribution is -2.57. The molecule has 6 aromatic rings.